The second-order valence-corrected chi connectivity index (χ2v) is 11.0. The SMILES string of the molecule is CCOC(=O)c1ccc(N2C(=O)CC(N(C(C)(C)CC)S(=O)(=O)c3ccc(NC(C)=O)cc3)C2=O)cc1. The summed E-state index contributed by atoms with van der Waals surface area (Å²) in [4.78, 5) is 50.7. The highest BCUT2D eigenvalue weighted by atomic mass is 32.2. The number of sulfonamides is 1. The van der Waals surface area contributed by atoms with Crippen LogP contribution in [0.15, 0.2) is 53.4 Å². The molecule has 1 fully saturated rings. The number of anilines is 2. The number of hydrogen-bond donors (Lipinski definition) is 1. The minimum atomic E-state index is -4.23. The maximum Gasteiger partial charge on any atom is 0.338 e. The summed E-state index contributed by atoms with van der Waals surface area (Å²) >= 11 is 0. The molecule has 3 rings (SSSR count). The number of hydrogen-bond acceptors (Lipinski definition) is 7. The smallest absolute Gasteiger partial charge is 0.338 e. The van der Waals surface area contributed by atoms with Gasteiger partial charge in [-0.05, 0) is 75.7 Å². The maximum atomic E-state index is 13.8. The van der Waals surface area contributed by atoms with Crippen LogP contribution in [0.1, 0.15) is 57.8 Å². The van der Waals surface area contributed by atoms with Gasteiger partial charge in [0, 0.05) is 18.2 Å². The van der Waals surface area contributed by atoms with Crippen molar-refractivity contribution in [3.05, 3.63) is 54.1 Å². The Morgan fingerprint density at radius 1 is 1.05 bits per heavy atom. The Morgan fingerprint density at radius 3 is 2.16 bits per heavy atom. The summed E-state index contributed by atoms with van der Waals surface area (Å²) in [5, 5.41) is 2.58. The molecule has 37 heavy (non-hydrogen) atoms. The number of amides is 3. The number of nitrogens with one attached hydrogen (secondary N) is 1. The number of imide groups is 1. The first kappa shape index (κ1) is 28.0. The predicted octanol–water partition coefficient (Wildman–Crippen LogP) is 3.33. The van der Waals surface area contributed by atoms with Crippen molar-refractivity contribution in [2.24, 2.45) is 0 Å². The van der Waals surface area contributed by atoms with Crippen molar-refractivity contribution in [1.29, 1.82) is 0 Å². The van der Waals surface area contributed by atoms with Crippen molar-refractivity contribution in [3.8, 4) is 0 Å². The Labute approximate surface area is 216 Å². The number of nitrogens with zero attached hydrogens (tertiary/aromatic N) is 2. The first-order valence-electron chi connectivity index (χ1n) is 11.9. The molecule has 1 aliphatic rings. The zero-order valence-electron chi connectivity index (χ0n) is 21.5. The molecule has 2 aromatic rings. The first-order chi connectivity index (χ1) is 17.3. The lowest BCUT2D eigenvalue weighted by atomic mass is 10.00. The van der Waals surface area contributed by atoms with E-state index in [4.69, 9.17) is 4.74 Å². The van der Waals surface area contributed by atoms with Crippen LogP contribution in [-0.2, 0) is 29.1 Å². The van der Waals surface area contributed by atoms with E-state index in [2.05, 4.69) is 5.32 Å². The van der Waals surface area contributed by atoms with Crippen molar-refractivity contribution in [2.75, 3.05) is 16.8 Å². The third-order valence-corrected chi connectivity index (χ3v) is 8.37. The minimum Gasteiger partial charge on any atom is -0.462 e. The predicted molar refractivity (Wildman–Crippen MR) is 137 cm³/mol. The van der Waals surface area contributed by atoms with Gasteiger partial charge in [-0.1, -0.05) is 6.92 Å². The van der Waals surface area contributed by atoms with Crippen molar-refractivity contribution >= 4 is 45.1 Å². The summed E-state index contributed by atoms with van der Waals surface area (Å²) in [6.45, 7) is 8.43. The fourth-order valence-corrected chi connectivity index (χ4v) is 6.12. The number of esters is 1. The molecule has 0 radical (unpaired) electrons. The lowest BCUT2D eigenvalue weighted by Gasteiger charge is -2.39. The van der Waals surface area contributed by atoms with Crippen molar-refractivity contribution in [2.45, 2.75) is 63.9 Å². The molecule has 10 nitrogen and oxygen atoms in total. The zero-order chi connectivity index (χ0) is 27.5. The molecule has 1 unspecified atom stereocenters. The highest BCUT2D eigenvalue weighted by molar-refractivity contribution is 7.89. The number of benzene rings is 2. The van der Waals surface area contributed by atoms with Crippen molar-refractivity contribution in [1.82, 2.24) is 4.31 Å². The average molecular weight is 530 g/mol. The van der Waals surface area contributed by atoms with Crippen LogP contribution in [0.25, 0.3) is 0 Å². The standard InChI is InChI=1S/C26H31N3O7S/c1-6-26(4,5)29(37(34,35)21-14-10-19(11-15-21)27-17(3)30)22-16-23(31)28(24(22)32)20-12-8-18(9-13-20)25(33)36-7-2/h8-15,22H,6-7,16H2,1-5H3,(H,27,30). The maximum absolute atomic E-state index is 13.8. The average Bonchev–Trinajstić information content (AvgIpc) is 3.12. The fourth-order valence-electron chi connectivity index (χ4n) is 4.13. The van der Waals surface area contributed by atoms with E-state index in [9.17, 15) is 27.6 Å². The lowest BCUT2D eigenvalue weighted by molar-refractivity contribution is -0.123. The van der Waals surface area contributed by atoms with Gasteiger partial charge in [-0.3, -0.25) is 14.4 Å². The van der Waals surface area contributed by atoms with Gasteiger partial charge in [0.1, 0.15) is 6.04 Å². The molecule has 1 saturated heterocycles. The Morgan fingerprint density at radius 2 is 1.65 bits per heavy atom. The van der Waals surface area contributed by atoms with Gasteiger partial charge in [0.25, 0.3) is 5.91 Å². The summed E-state index contributed by atoms with van der Waals surface area (Å²) in [6, 6.07) is 10.2. The van der Waals surface area contributed by atoms with Crippen LogP contribution < -0.4 is 10.2 Å². The monoisotopic (exact) mass is 529 g/mol. The molecule has 11 heteroatoms. The Bertz CT molecular complexity index is 1300. The van der Waals surface area contributed by atoms with E-state index in [-0.39, 0.29) is 35.1 Å². The summed E-state index contributed by atoms with van der Waals surface area (Å²) in [6.07, 6.45) is 0.0491. The van der Waals surface area contributed by atoms with E-state index < -0.39 is 39.4 Å². The van der Waals surface area contributed by atoms with Crippen LogP contribution >= 0.6 is 0 Å². The number of ether oxygens (including phenoxy) is 1. The van der Waals surface area contributed by atoms with Gasteiger partial charge in [0.2, 0.25) is 21.8 Å². The van der Waals surface area contributed by atoms with Crippen LogP contribution in [0.5, 0.6) is 0 Å². The van der Waals surface area contributed by atoms with Crippen LogP contribution in [-0.4, -0.2) is 54.6 Å². The van der Waals surface area contributed by atoms with E-state index in [0.29, 0.717) is 12.1 Å². The van der Waals surface area contributed by atoms with Crippen LogP contribution in [0.3, 0.4) is 0 Å². The Balaban J connectivity index is 1.97. The van der Waals surface area contributed by atoms with Gasteiger partial charge >= 0.3 is 5.97 Å². The third kappa shape index (κ3) is 5.72. The molecule has 0 spiro atoms. The summed E-state index contributed by atoms with van der Waals surface area (Å²) < 4.78 is 33.8. The number of rotatable bonds is 9. The normalized spacial score (nSPS) is 16.3. The second-order valence-electron chi connectivity index (χ2n) is 9.23. The molecule has 1 N–H and O–H groups in total. The molecule has 2 aromatic carbocycles. The highest BCUT2D eigenvalue weighted by Gasteiger charge is 2.51. The summed E-state index contributed by atoms with van der Waals surface area (Å²) in [7, 11) is -4.23. The minimum absolute atomic E-state index is 0.0689. The van der Waals surface area contributed by atoms with E-state index in [1.807, 2.05) is 0 Å². The van der Waals surface area contributed by atoms with E-state index in [1.165, 1.54) is 55.5 Å². The summed E-state index contributed by atoms with van der Waals surface area (Å²) in [5.74, 6) is -2.05. The molecular formula is C26H31N3O7S. The third-order valence-electron chi connectivity index (χ3n) is 6.24. The molecule has 0 saturated carbocycles. The largest absolute Gasteiger partial charge is 0.462 e. The van der Waals surface area contributed by atoms with Crippen molar-refractivity contribution in [3.63, 3.8) is 0 Å². The molecule has 1 aliphatic heterocycles. The van der Waals surface area contributed by atoms with Crippen LogP contribution in [0.2, 0.25) is 0 Å². The van der Waals surface area contributed by atoms with Crippen LogP contribution in [0, 0.1) is 0 Å². The van der Waals surface area contributed by atoms with Gasteiger partial charge in [-0.2, -0.15) is 4.31 Å². The molecule has 3 amide bonds. The van der Waals surface area contributed by atoms with Gasteiger partial charge < -0.3 is 10.1 Å². The molecule has 1 heterocycles. The van der Waals surface area contributed by atoms with Crippen LogP contribution in [0.4, 0.5) is 11.4 Å². The number of carbonyl (C=O) groups is 4. The zero-order valence-corrected chi connectivity index (χ0v) is 22.3. The van der Waals surface area contributed by atoms with Crippen molar-refractivity contribution < 1.29 is 32.3 Å². The van der Waals surface area contributed by atoms with E-state index in [0.717, 1.165) is 9.21 Å². The van der Waals surface area contributed by atoms with Gasteiger partial charge in [0.15, 0.2) is 0 Å². The van der Waals surface area contributed by atoms with E-state index in [1.54, 1.807) is 27.7 Å². The fraction of sp³-hybridized carbons (Fsp3) is 0.385. The molecule has 0 aliphatic carbocycles. The summed E-state index contributed by atoms with van der Waals surface area (Å²) in [5.41, 5.74) is -0.0751. The molecule has 198 valence electrons. The molecule has 0 bridgehead atoms. The molecule has 0 aromatic heterocycles. The second kappa shape index (κ2) is 10.8. The molecular weight excluding hydrogens is 498 g/mol. The first-order valence-corrected chi connectivity index (χ1v) is 13.3. The Hall–Kier alpha value is -3.57. The van der Waals surface area contributed by atoms with Gasteiger partial charge in [0.05, 0.1) is 29.2 Å². The topological polar surface area (TPSA) is 130 Å². The van der Waals surface area contributed by atoms with E-state index >= 15 is 0 Å². The molecule has 1 atom stereocenters. The quantitative estimate of drug-likeness (QED) is 0.389. The van der Waals surface area contributed by atoms with Gasteiger partial charge in [-0.25, -0.2) is 18.1 Å². The highest BCUT2D eigenvalue weighted by Crippen LogP contribution is 2.36. The van der Waals surface area contributed by atoms with Gasteiger partial charge in [-0.15, -0.1) is 0 Å². The Kier molecular flexibility index (Phi) is 8.19. The lowest BCUT2D eigenvalue weighted by Crippen LogP contribution is -2.55. The number of carbonyl (C=O) groups excluding carboxylic acids is 4.